The third-order valence-corrected chi connectivity index (χ3v) is 8.64. The number of carbonyl (C=O) groups excluding carboxylic acids is 1. The Balaban J connectivity index is 1.33. The van der Waals surface area contributed by atoms with Gasteiger partial charge in [-0.1, -0.05) is 18.7 Å². The molecule has 0 saturated carbocycles. The molecule has 6 rings (SSSR count). The zero-order chi connectivity index (χ0) is 28.3. The van der Waals surface area contributed by atoms with E-state index in [1.165, 1.54) is 12.5 Å². The lowest BCUT2D eigenvalue weighted by Gasteiger charge is -2.41. The van der Waals surface area contributed by atoms with Crippen LogP contribution in [0, 0.1) is 6.57 Å². The van der Waals surface area contributed by atoms with Gasteiger partial charge in [-0.2, -0.15) is 9.97 Å². The topological polar surface area (TPSA) is 82.3 Å². The number of aromatic nitrogens is 3. The van der Waals surface area contributed by atoms with E-state index < -0.39 is 0 Å². The predicted octanol–water partition coefficient (Wildman–Crippen LogP) is 3.18. The highest BCUT2D eigenvalue weighted by atomic mass is 16.5. The first-order chi connectivity index (χ1) is 20.1. The molecule has 0 bridgehead atoms. The van der Waals surface area contributed by atoms with E-state index in [1.54, 1.807) is 4.90 Å². The molecule has 3 aromatic rings. The zero-order valence-electron chi connectivity index (χ0n) is 23.6. The average Bonchev–Trinajstić information content (AvgIpc) is 3.43. The number of fused-ring (bicyclic) bond motifs is 2. The molecule has 0 N–H and O–H groups in total. The highest BCUT2D eigenvalue weighted by Crippen LogP contribution is 2.34. The molecule has 41 heavy (non-hydrogen) atoms. The minimum absolute atomic E-state index is 0.132. The lowest BCUT2D eigenvalue weighted by molar-refractivity contribution is -0.128. The van der Waals surface area contributed by atoms with Crippen molar-refractivity contribution in [3.05, 3.63) is 72.0 Å². The maximum Gasteiger partial charge on any atom is 0.318 e. The van der Waals surface area contributed by atoms with Gasteiger partial charge >= 0.3 is 6.01 Å². The van der Waals surface area contributed by atoms with Crippen LogP contribution in [-0.4, -0.2) is 95.7 Å². The third kappa shape index (κ3) is 5.42. The average molecular weight is 553 g/mol. The van der Waals surface area contributed by atoms with Crippen molar-refractivity contribution in [2.75, 3.05) is 62.7 Å². The van der Waals surface area contributed by atoms with Crippen LogP contribution >= 0.6 is 0 Å². The number of anilines is 2. The molecule has 1 unspecified atom stereocenters. The van der Waals surface area contributed by atoms with Crippen LogP contribution in [0.3, 0.4) is 0 Å². The molecule has 0 aliphatic carbocycles. The Hall–Kier alpha value is -4.23. The molecule has 2 atom stereocenters. The number of carbonyl (C=O) groups is 1. The summed E-state index contributed by atoms with van der Waals surface area (Å²) in [6, 6.07) is 8.92. The predicted molar refractivity (Wildman–Crippen MR) is 159 cm³/mol. The van der Waals surface area contributed by atoms with Gasteiger partial charge in [0.15, 0.2) is 0 Å². The maximum atomic E-state index is 12.5. The number of likely N-dealkylation sites (tertiary alicyclic amines) is 1. The van der Waals surface area contributed by atoms with Crippen molar-refractivity contribution in [1.29, 1.82) is 0 Å². The first kappa shape index (κ1) is 27.0. The van der Waals surface area contributed by atoms with Crippen LogP contribution in [0.25, 0.3) is 15.6 Å². The number of nitrogens with zero attached hydrogens (tertiary/aromatic N) is 8. The van der Waals surface area contributed by atoms with Gasteiger partial charge in [0.2, 0.25) is 12.5 Å². The van der Waals surface area contributed by atoms with Gasteiger partial charge in [-0.25, -0.2) is 6.57 Å². The van der Waals surface area contributed by atoms with Crippen molar-refractivity contribution >= 4 is 28.2 Å². The number of hydrogen-bond acceptors (Lipinski definition) is 8. The normalized spacial score (nSPS) is 21.0. The van der Waals surface area contributed by atoms with Crippen molar-refractivity contribution in [2.45, 2.75) is 37.9 Å². The molecule has 2 fully saturated rings. The maximum absolute atomic E-state index is 12.5. The van der Waals surface area contributed by atoms with Gasteiger partial charge in [0, 0.05) is 61.3 Å². The molecule has 2 aromatic heterocycles. The van der Waals surface area contributed by atoms with Crippen LogP contribution in [0.1, 0.15) is 24.1 Å². The quantitative estimate of drug-likeness (QED) is 0.327. The fraction of sp³-hybridized carbons (Fsp3) is 0.452. The van der Waals surface area contributed by atoms with Gasteiger partial charge in [-0.05, 0) is 56.4 Å². The van der Waals surface area contributed by atoms with Crippen LogP contribution in [-0.2, 0) is 17.8 Å². The summed E-state index contributed by atoms with van der Waals surface area (Å²) in [7, 11) is 2.14. The number of ether oxygens (including phenoxy) is 1. The van der Waals surface area contributed by atoms with Gasteiger partial charge < -0.3 is 29.2 Å². The van der Waals surface area contributed by atoms with Crippen molar-refractivity contribution in [3.8, 4) is 6.01 Å². The summed E-state index contributed by atoms with van der Waals surface area (Å²) in [6.45, 7) is 16.1. The minimum atomic E-state index is -0.225. The van der Waals surface area contributed by atoms with E-state index in [1.807, 2.05) is 18.5 Å². The fourth-order valence-corrected chi connectivity index (χ4v) is 6.37. The summed E-state index contributed by atoms with van der Waals surface area (Å²) in [4.78, 5) is 39.1. The fourth-order valence-electron chi connectivity index (χ4n) is 6.37. The molecule has 1 aromatic carbocycles. The zero-order valence-corrected chi connectivity index (χ0v) is 23.6. The Kier molecular flexibility index (Phi) is 7.70. The van der Waals surface area contributed by atoms with Crippen LogP contribution in [0.5, 0.6) is 6.01 Å². The summed E-state index contributed by atoms with van der Waals surface area (Å²) < 4.78 is 6.27. The number of rotatable bonds is 7. The van der Waals surface area contributed by atoms with Crippen molar-refractivity contribution in [1.82, 2.24) is 24.8 Å². The van der Waals surface area contributed by atoms with Crippen molar-refractivity contribution in [2.24, 2.45) is 0 Å². The molecule has 1 amide bonds. The number of pyridine rings is 1. The Morgan fingerprint density at radius 2 is 2.07 bits per heavy atom. The monoisotopic (exact) mass is 552 g/mol. The van der Waals surface area contributed by atoms with Gasteiger partial charge in [0.05, 0.1) is 12.2 Å². The Morgan fingerprint density at radius 3 is 2.88 bits per heavy atom. The van der Waals surface area contributed by atoms with E-state index in [0.717, 1.165) is 59.5 Å². The van der Waals surface area contributed by atoms with E-state index in [2.05, 4.69) is 56.4 Å². The number of benzene rings is 1. The molecule has 3 aliphatic rings. The Morgan fingerprint density at radius 1 is 1.17 bits per heavy atom. The first-order valence-electron chi connectivity index (χ1n) is 14.4. The van der Waals surface area contributed by atoms with E-state index in [4.69, 9.17) is 21.3 Å². The van der Waals surface area contributed by atoms with E-state index in [0.29, 0.717) is 44.8 Å². The van der Waals surface area contributed by atoms with Crippen molar-refractivity contribution in [3.63, 3.8) is 0 Å². The summed E-state index contributed by atoms with van der Waals surface area (Å²) >= 11 is 0. The molecule has 5 heterocycles. The van der Waals surface area contributed by atoms with Crippen LogP contribution < -0.4 is 14.5 Å². The van der Waals surface area contributed by atoms with Crippen molar-refractivity contribution < 1.29 is 9.53 Å². The molecule has 10 nitrogen and oxygen atoms in total. The van der Waals surface area contributed by atoms with Crippen LogP contribution in [0.4, 0.5) is 11.5 Å². The molecular formula is C31H36N8O2. The number of hydrogen-bond donors (Lipinski definition) is 0. The number of amides is 1. The summed E-state index contributed by atoms with van der Waals surface area (Å²) in [6.07, 6.45) is 8.15. The molecular weight excluding hydrogens is 516 g/mol. The second kappa shape index (κ2) is 11.7. The Labute approximate surface area is 241 Å². The Bertz CT molecular complexity index is 1480. The molecule has 10 heteroatoms. The highest BCUT2D eigenvalue weighted by Gasteiger charge is 2.35. The summed E-state index contributed by atoms with van der Waals surface area (Å²) in [5.41, 5.74) is 3.23. The third-order valence-electron chi connectivity index (χ3n) is 8.64. The number of likely N-dealkylation sites (N-methyl/N-ethyl adjacent to an activating group) is 1. The molecule has 212 valence electrons. The van der Waals surface area contributed by atoms with E-state index in [-0.39, 0.29) is 18.5 Å². The molecule has 3 aliphatic heterocycles. The molecule has 0 radical (unpaired) electrons. The minimum Gasteiger partial charge on any atom is -0.462 e. The summed E-state index contributed by atoms with van der Waals surface area (Å²) in [5, 5.41) is 2.28. The number of piperazine rings is 1. The van der Waals surface area contributed by atoms with Crippen LogP contribution in [0.2, 0.25) is 0 Å². The second-order valence-electron chi connectivity index (χ2n) is 11.1. The summed E-state index contributed by atoms with van der Waals surface area (Å²) in [5.74, 6) is 0.734. The lowest BCUT2D eigenvalue weighted by atomic mass is 10.0. The molecule has 0 spiro atoms. The van der Waals surface area contributed by atoms with E-state index in [9.17, 15) is 4.79 Å². The lowest BCUT2D eigenvalue weighted by Crippen LogP contribution is -2.56. The standard InChI is InChI=1S/C31H36N8O2/c1-4-29(40)39-16-15-38(19-24(39)17-32-2)30-25-11-14-37(28-9-5-7-22-10-12-33-18-26(22)28)20-27(25)34-31(35-30)41-21-23-8-6-13-36(23)3/h4-5,7,9-10,12,18,23-24H,1,6,8,11,13-17,19-21H2,3H3/t23-,24?/m0/s1. The SMILES string of the molecule is [C-]#[N+]CC1CN(c2nc(OC[C@@H]3CCCN3C)nc3c2CCN(c2cccc4ccncc24)C3)CCN1C(=O)C=C. The highest BCUT2D eigenvalue weighted by molar-refractivity contribution is 5.93. The smallest absolute Gasteiger partial charge is 0.318 e. The molecule has 2 saturated heterocycles. The van der Waals surface area contributed by atoms with Gasteiger partial charge in [-0.3, -0.25) is 9.78 Å². The van der Waals surface area contributed by atoms with Gasteiger partial charge in [-0.15, -0.1) is 0 Å². The largest absolute Gasteiger partial charge is 0.462 e. The second-order valence-corrected chi connectivity index (χ2v) is 11.1. The van der Waals surface area contributed by atoms with E-state index >= 15 is 0 Å². The van der Waals surface area contributed by atoms with Gasteiger partial charge in [0.25, 0.3) is 0 Å². The first-order valence-corrected chi connectivity index (χ1v) is 14.4. The van der Waals surface area contributed by atoms with Crippen LogP contribution in [0.15, 0.2) is 49.3 Å². The van der Waals surface area contributed by atoms with Gasteiger partial charge in [0.1, 0.15) is 18.5 Å².